The second-order valence-electron chi connectivity index (χ2n) is 7.01. The summed E-state index contributed by atoms with van der Waals surface area (Å²) < 4.78 is 0. The number of anilines is 2. The average molecular weight is 373 g/mol. The summed E-state index contributed by atoms with van der Waals surface area (Å²) in [5.41, 5.74) is 9.12. The molecule has 0 spiro atoms. The summed E-state index contributed by atoms with van der Waals surface area (Å²) in [6, 6.07) is 17.7. The zero-order chi connectivity index (χ0) is 19.5. The van der Waals surface area contributed by atoms with Crippen molar-refractivity contribution in [3.8, 4) is 0 Å². The molecule has 4 rings (SSSR count). The van der Waals surface area contributed by atoms with E-state index in [0.717, 1.165) is 25.5 Å². The fraction of sp³-hybridized carbons (Fsp3) is 0.227. The summed E-state index contributed by atoms with van der Waals surface area (Å²) in [5, 5.41) is 3.56. The number of pyridine rings is 2. The lowest BCUT2D eigenvalue weighted by Gasteiger charge is -2.35. The van der Waals surface area contributed by atoms with Crippen molar-refractivity contribution >= 4 is 17.4 Å². The Morgan fingerprint density at radius 2 is 1.96 bits per heavy atom. The van der Waals surface area contributed by atoms with Gasteiger partial charge in [-0.3, -0.25) is 4.79 Å². The highest BCUT2D eigenvalue weighted by molar-refractivity contribution is 6.10. The predicted molar refractivity (Wildman–Crippen MR) is 110 cm³/mol. The lowest BCUT2D eigenvalue weighted by molar-refractivity contribution is 0.103. The number of nitrogens with two attached hydrogens (primary N) is 1. The van der Waals surface area contributed by atoms with Crippen LogP contribution in [0.15, 0.2) is 60.8 Å². The minimum absolute atomic E-state index is 0.210. The van der Waals surface area contributed by atoms with Crippen LogP contribution >= 0.6 is 0 Å². The van der Waals surface area contributed by atoms with E-state index in [4.69, 9.17) is 5.73 Å². The summed E-state index contributed by atoms with van der Waals surface area (Å²) in [6.07, 6.45) is 1.57. The first kappa shape index (κ1) is 18.1. The quantitative estimate of drug-likeness (QED) is 0.684. The molecule has 3 aromatic rings. The van der Waals surface area contributed by atoms with Crippen LogP contribution < -0.4 is 16.0 Å². The first-order chi connectivity index (χ1) is 13.6. The Kier molecular flexibility index (Phi) is 5.04. The molecule has 0 bridgehead atoms. The van der Waals surface area contributed by atoms with Gasteiger partial charge in [-0.2, -0.15) is 0 Å². The number of hydrogen-bond acceptors (Lipinski definition) is 6. The molecule has 1 aliphatic heterocycles. The third kappa shape index (κ3) is 3.73. The molecular weight excluding hydrogens is 350 g/mol. The van der Waals surface area contributed by atoms with Gasteiger partial charge in [0.05, 0.1) is 5.56 Å². The Bertz CT molecular complexity index is 986. The van der Waals surface area contributed by atoms with Gasteiger partial charge in [0.15, 0.2) is 0 Å². The summed E-state index contributed by atoms with van der Waals surface area (Å²) in [6.45, 7) is 4.57. The molecule has 6 heteroatoms. The number of aryl methyl sites for hydroxylation is 1. The van der Waals surface area contributed by atoms with Crippen molar-refractivity contribution in [3.05, 3.63) is 83.2 Å². The van der Waals surface area contributed by atoms with Gasteiger partial charge in [0.1, 0.15) is 17.3 Å². The normalized spacial score (nSPS) is 16.8. The molecule has 142 valence electrons. The molecular formula is C22H23N5O. The van der Waals surface area contributed by atoms with Crippen LogP contribution in [-0.4, -0.2) is 35.4 Å². The highest BCUT2D eigenvalue weighted by Crippen LogP contribution is 2.23. The van der Waals surface area contributed by atoms with Crippen molar-refractivity contribution in [1.29, 1.82) is 0 Å². The standard InChI is InChI=1S/C22H23N5O/c1-15-7-9-16(10-8-15)19-14-27(13-12-24-19)20-6-2-5-18(26-20)21(28)17-4-3-11-25-22(17)23/h2-11,19,24H,12-14H2,1H3,(H2,23,25). The lowest BCUT2D eigenvalue weighted by atomic mass is 10.0. The largest absolute Gasteiger partial charge is 0.383 e. The van der Waals surface area contributed by atoms with E-state index in [-0.39, 0.29) is 17.6 Å². The van der Waals surface area contributed by atoms with E-state index >= 15 is 0 Å². The number of aromatic nitrogens is 2. The van der Waals surface area contributed by atoms with Gasteiger partial charge in [-0.25, -0.2) is 9.97 Å². The zero-order valence-electron chi connectivity index (χ0n) is 15.8. The molecule has 1 atom stereocenters. The van der Waals surface area contributed by atoms with Crippen LogP contribution in [-0.2, 0) is 0 Å². The van der Waals surface area contributed by atoms with E-state index in [1.807, 2.05) is 12.1 Å². The molecule has 6 nitrogen and oxygen atoms in total. The molecule has 1 fully saturated rings. The maximum Gasteiger partial charge on any atom is 0.215 e. The lowest BCUT2D eigenvalue weighted by Crippen LogP contribution is -2.46. The van der Waals surface area contributed by atoms with Crippen LogP contribution in [0, 0.1) is 6.92 Å². The summed E-state index contributed by atoms with van der Waals surface area (Å²) >= 11 is 0. The molecule has 1 unspecified atom stereocenters. The number of nitrogens with zero attached hydrogens (tertiary/aromatic N) is 3. The molecule has 1 aromatic carbocycles. The highest BCUT2D eigenvalue weighted by atomic mass is 16.1. The van der Waals surface area contributed by atoms with Gasteiger partial charge in [0, 0.05) is 31.9 Å². The second kappa shape index (κ2) is 7.78. The number of ketones is 1. The minimum Gasteiger partial charge on any atom is -0.383 e. The second-order valence-corrected chi connectivity index (χ2v) is 7.01. The Hall–Kier alpha value is -3.25. The zero-order valence-corrected chi connectivity index (χ0v) is 15.8. The molecule has 0 aliphatic carbocycles. The molecule has 3 heterocycles. The van der Waals surface area contributed by atoms with Gasteiger partial charge >= 0.3 is 0 Å². The van der Waals surface area contributed by atoms with E-state index < -0.39 is 0 Å². The van der Waals surface area contributed by atoms with E-state index in [0.29, 0.717) is 11.3 Å². The van der Waals surface area contributed by atoms with Gasteiger partial charge in [0.25, 0.3) is 0 Å². The van der Waals surface area contributed by atoms with E-state index in [9.17, 15) is 4.79 Å². The number of rotatable bonds is 4. The fourth-order valence-electron chi connectivity index (χ4n) is 3.45. The van der Waals surface area contributed by atoms with Crippen molar-refractivity contribution in [2.75, 3.05) is 30.3 Å². The van der Waals surface area contributed by atoms with Crippen molar-refractivity contribution in [2.45, 2.75) is 13.0 Å². The van der Waals surface area contributed by atoms with Gasteiger partial charge < -0.3 is 16.0 Å². The van der Waals surface area contributed by atoms with Crippen LogP contribution in [0.25, 0.3) is 0 Å². The van der Waals surface area contributed by atoms with Crippen LogP contribution in [0.2, 0.25) is 0 Å². The molecule has 1 saturated heterocycles. The number of carbonyl (C=O) groups excluding carboxylic acids is 1. The van der Waals surface area contributed by atoms with Crippen LogP contribution in [0.3, 0.4) is 0 Å². The van der Waals surface area contributed by atoms with Crippen molar-refractivity contribution in [3.63, 3.8) is 0 Å². The molecule has 0 saturated carbocycles. The van der Waals surface area contributed by atoms with Crippen molar-refractivity contribution in [2.24, 2.45) is 0 Å². The molecule has 0 radical (unpaired) electrons. The molecule has 2 aromatic heterocycles. The Balaban J connectivity index is 1.56. The average Bonchev–Trinajstić information content (AvgIpc) is 2.74. The molecule has 28 heavy (non-hydrogen) atoms. The Labute approximate surface area is 164 Å². The van der Waals surface area contributed by atoms with Crippen molar-refractivity contribution < 1.29 is 4.79 Å². The number of piperazine rings is 1. The van der Waals surface area contributed by atoms with Gasteiger partial charge in [-0.1, -0.05) is 35.9 Å². The summed E-state index contributed by atoms with van der Waals surface area (Å²) in [4.78, 5) is 23.6. The predicted octanol–water partition coefficient (Wildman–Crippen LogP) is 2.75. The summed E-state index contributed by atoms with van der Waals surface area (Å²) in [5.74, 6) is 0.811. The minimum atomic E-state index is -0.210. The highest BCUT2D eigenvalue weighted by Gasteiger charge is 2.23. The van der Waals surface area contributed by atoms with Crippen LogP contribution in [0.4, 0.5) is 11.6 Å². The van der Waals surface area contributed by atoms with E-state index in [1.54, 1.807) is 24.4 Å². The number of carbonyl (C=O) groups is 1. The topological polar surface area (TPSA) is 84.1 Å². The first-order valence-electron chi connectivity index (χ1n) is 9.39. The van der Waals surface area contributed by atoms with Crippen molar-refractivity contribution in [1.82, 2.24) is 15.3 Å². The van der Waals surface area contributed by atoms with Gasteiger partial charge in [-0.15, -0.1) is 0 Å². The van der Waals surface area contributed by atoms with Crippen LogP contribution in [0.1, 0.15) is 33.2 Å². The monoisotopic (exact) mass is 373 g/mol. The Morgan fingerprint density at radius 3 is 2.75 bits per heavy atom. The third-order valence-corrected chi connectivity index (χ3v) is 5.03. The number of nitrogen functional groups attached to an aromatic ring is 1. The van der Waals surface area contributed by atoms with E-state index in [1.165, 1.54) is 11.1 Å². The number of hydrogen-bond donors (Lipinski definition) is 2. The maximum atomic E-state index is 12.8. The first-order valence-corrected chi connectivity index (χ1v) is 9.39. The fourth-order valence-corrected chi connectivity index (χ4v) is 3.45. The number of nitrogens with one attached hydrogen (secondary N) is 1. The molecule has 3 N–H and O–H groups in total. The van der Waals surface area contributed by atoms with Gasteiger partial charge in [0.2, 0.25) is 5.78 Å². The van der Waals surface area contributed by atoms with Gasteiger partial charge in [-0.05, 0) is 36.8 Å². The smallest absolute Gasteiger partial charge is 0.215 e. The Morgan fingerprint density at radius 1 is 1.14 bits per heavy atom. The third-order valence-electron chi connectivity index (χ3n) is 5.03. The van der Waals surface area contributed by atoms with Crippen LogP contribution in [0.5, 0.6) is 0 Å². The molecule has 0 amide bonds. The molecule has 1 aliphatic rings. The SMILES string of the molecule is Cc1ccc(C2CN(c3cccc(C(=O)c4cccnc4N)n3)CCN2)cc1. The summed E-state index contributed by atoms with van der Waals surface area (Å²) in [7, 11) is 0. The number of benzene rings is 1. The maximum absolute atomic E-state index is 12.8. The van der Waals surface area contributed by atoms with E-state index in [2.05, 4.69) is 51.4 Å².